The Morgan fingerprint density at radius 2 is 1.54 bits per heavy atom. The van der Waals surface area contributed by atoms with E-state index >= 15 is 0 Å². The summed E-state index contributed by atoms with van der Waals surface area (Å²) in [6, 6.07) is 7.92. The fraction of sp³-hybridized carbons (Fsp3) is 0.542. The molecule has 2 nitrogen and oxygen atoms in total. The third kappa shape index (κ3) is 9.60. The van der Waals surface area contributed by atoms with Gasteiger partial charge < -0.3 is 4.74 Å². The molecule has 0 N–H and O–H groups in total. The van der Waals surface area contributed by atoms with E-state index in [9.17, 15) is 4.79 Å². The molecule has 144 valence electrons. The van der Waals surface area contributed by atoms with Gasteiger partial charge in [-0.05, 0) is 17.5 Å². The quantitative estimate of drug-likeness (QED) is 0.194. The van der Waals surface area contributed by atoms with Crippen molar-refractivity contribution in [2.24, 2.45) is 0 Å². The first kappa shape index (κ1) is 22.2. The van der Waals surface area contributed by atoms with Gasteiger partial charge in [0.25, 0.3) is 0 Å². The molecule has 0 radical (unpaired) electrons. The van der Waals surface area contributed by atoms with Crippen molar-refractivity contribution in [1.29, 1.82) is 0 Å². The smallest absolute Gasteiger partial charge is 0.333 e. The molecule has 0 aliphatic rings. The lowest BCUT2D eigenvalue weighted by Gasteiger charge is -2.09. The summed E-state index contributed by atoms with van der Waals surface area (Å²) in [6.45, 7) is 10.4. The molecule has 2 heteroatoms. The standard InChI is InChI=1S/C24H36O2/c1-4-6-7-8-9-10-11-12-13-16-19-26-24(25)21(3)20-23-18-15-14-17-22(23)5-2/h5,14-15,17-18H,2-4,6-13,16,19-20H2,1H3. The summed E-state index contributed by atoms with van der Waals surface area (Å²) in [5, 5.41) is 0. The van der Waals surface area contributed by atoms with Crippen LogP contribution in [0.2, 0.25) is 0 Å². The Labute approximate surface area is 160 Å². The molecule has 0 spiro atoms. The maximum atomic E-state index is 12.1. The van der Waals surface area contributed by atoms with Gasteiger partial charge in [-0.25, -0.2) is 4.79 Å². The van der Waals surface area contributed by atoms with E-state index in [4.69, 9.17) is 4.74 Å². The zero-order valence-electron chi connectivity index (χ0n) is 16.6. The fourth-order valence-electron chi connectivity index (χ4n) is 3.05. The van der Waals surface area contributed by atoms with Gasteiger partial charge in [-0.1, -0.05) is 108 Å². The Kier molecular flexibility index (Phi) is 12.3. The van der Waals surface area contributed by atoms with E-state index in [0.717, 1.165) is 24.0 Å². The Balaban J connectivity index is 2.07. The highest BCUT2D eigenvalue weighted by Gasteiger charge is 2.10. The highest BCUT2D eigenvalue weighted by molar-refractivity contribution is 5.88. The van der Waals surface area contributed by atoms with Crippen molar-refractivity contribution < 1.29 is 9.53 Å². The third-order valence-electron chi connectivity index (χ3n) is 4.70. The van der Waals surface area contributed by atoms with Crippen LogP contribution in [0.1, 0.15) is 82.3 Å². The number of carbonyl (C=O) groups excluding carboxylic acids is 1. The van der Waals surface area contributed by atoms with Crippen molar-refractivity contribution in [2.75, 3.05) is 6.61 Å². The Bertz CT molecular complexity index is 545. The van der Waals surface area contributed by atoms with Crippen LogP contribution in [0.25, 0.3) is 6.08 Å². The van der Waals surface area contributed by atoms with Gasteiger partial charge in [0.15, 0.2) is 0 Å². The molecule has 1 aromatic rings. The normalized spacial score (nSPS) is 10.5. The van der Waals surface area contributed by atoms with Crippen LogP contribution in [0.5, 0.6) is 0 Å². The molecule has 1 aromatic carbocycles. The summed E-state index contributed by atoms with van der Waals surface area (Å²) < 4.78 is 5.36. The second kappa shape index (κ2) is 14.4. The van der Waals surface area contributed by atoms with Gasteiger partial charge >= 0.3 is 5.97 Å². The van der Waals surface area contributed by atoms with Crippen LogP contribution in [0.3, 0.4) is 0 Å². The van der Waals surface area contributed by atoms with Gasteiger partial charge in [-0.2, -0.15) is 0 Å². The van der Waals surface area contributed by atoms with Crippen molar-refractivity contribution >= 4 is 12.0 Å². The molecule has 0 heterocycles. The monoisotopic (exact) mass is 356 g/mol. The lowest BCUT2D eigenvalue weighted by Crippen LogP contribution is -2.10. The van der Waals surface area contributed by atoms with E-state index in [2.05, 4.69) is 20.1 Å². The van der Waals surface area contributed by atoms with Gasteiger partial charge in [-0.15, -0.1) is 0 Å². The lowest BCUT2D eigenvalue weighted by atomic mass is 10.0. The van der Waals surface area contributed by atoms with Crippen LogP contribution < -0.4 is 0 Å². The number of carbonyl (C=O) groups is 1. The minimum Gasteiger partial charge on any atom is -0.462 e. The maximum Gasteiger partial charge on any atom is 0.333 e. The van der Waals surface area contributed by atoms with Crippen molar-refractivity contribution in [3.63, 3.8) is 0 Å². The minimum absolute atomic E-state index is 0.278. The Hall–Kier alpha value is -1.83. The SMILES string of the molecule is C=Cc1ccccc1CC(=C)C(=O)OCCCCCCCCCCCC. The van der Waals surface area contributed by atoms with Crippen molar-refractivity contribution in [3.05, 3.63) is 54.1 Å². The molecule has 0 atom stereocenters. The topological polar surface area (TPSA) is 26.3 Å². The molecular weight excluding hydrogens is 320 g/mol. The summed E-state index contributed by atoms with van der Waals surface area (Å²) >= 11 is 0. The highest BCUT2D eigenvalue weighted by Crippen LogP contribution is 2.15. The predicted octanol–water partition coefficient (Wildman–Crippen LogP) is 6.89. The summed E-state index contributed by atoms with van der Waals surface area (Å²) in [5.41, 5.74) is 2.60. The Morgan fingerprint density at radius 3 is 2.15 bits per heavy atom. The van der Waals surface area contributed by atoms with Crippen LogP contribution in [-0.2, 0) is 16.0 Å². The number of hydrogen-bond acceptors (Lipinski definition) is 2. The van der Waals surface area contributed by atoms with Gasteiger partial charge in [0.2, 0.25) is 0 Å². The number of rotatable bonds is 15. The summed E-state index contributed by atoms with van der Waals surface area (Å²) in [7, 11) is 0. The van der Waals surface area contributed by atoms with E-state index < -0.39 is 0 Å². The van der Waals surface area contributed by atoms with Crippen LogP contribution in [0.4, 0.5) is 0 Å². The van der Waals surface area contributed by atoms with E-state index in [1.165, 1.54) is 51.4 Å². The molecule has 1 rings (SSSR count). The van der Waals surface area contributed by atoms with Crippen LogP contribution in [0, 0.1) is 0 Å². The predicted molar refractivity (Wildman–Crippen MR) is 112 cm³/mol. The molecule has 0 aliphatic heterocycles. The fourth-order valence-corrected chi connectivity index (χ4v) is 3.05. The first-order valence-corrected chi connectivity index (χ1v) is 10.2. The van der Waals surface area contributed by atoms with E-state index in [1.54, 1.807) is 6.08 Å². The molecule has 0 saturated heterocycles. The second-order valence-corrected chi connectivity index (χ2v) is 7.00. The molecule has 0 aromatic heterocycles. The van der Waals surface area contributed by atoms with Crippen LogP contribution in [0.15, 0.2) is 43.0 Å². The second-order valence-electron chi connectivity index (χ2n) is 7.00. The number of hydrogen-bond donors (Lipinski definition) is 0. The molecule has 0 aliphatic carbocycles. The van der Waals surface area contributed by atoms with Gasteiger partial charge in [0, 0.05) is 12.0 Å². The van der Waals surface area contributed by atoms with Crippen molar-refractivity contribution in [1.82, 2.24) is 0 Å². The molecule has 0 bridgehead atoms. The van der Waals surface area contributed by atoms with E-state index in [1.807, 2.05) is 24.3 Å². The van der Waals surface area contributed by atoms with Gasteiger partial charge in [0.1, 0.15) is 0 Å². The zero-order valence-corrected chi connectivity index (χ0v) is 16.6. The molecule has 26 heavy (non-hydrogen) atoms. The maximum absolute atomic E-state index is 12.1. The average Bonchev–Trinajstić information content (AvgIpc) is 2.66. The number of unbranched alkanes of at least 4 members (excludes halogenated alkanes) is 9. The molecule has 0 fully saturated rings. The molecular formula is C24H36O2. The number of benzene rings is 1. The van der Waals surface area contributed by atoms with E-state index in [0.29, 0.717) is 18.6 Å². The number of ether oxygens (including phenoxy) is 1. The van der Waals surface area contributed by atoms with Crippen LogP contribution in [-0.4, -0.2) is 12.6 Å². The van der Waals surface area contributed by atoms with Gasteiger partial charge in [-0.3, -0.25) is 0 Å². The molecule has 0 saturated carbocycles. The third-order valence-corrected chi connectivity index (χ3v) is 4.70. The summed E-state index contributed by atoms with van der Waals surface area (Å²) in [6.07, 6.45) is 15.1. The minimum atomic E-state index is -0.278. The Morgan fingerprint density at radius 1 is 0.962 bits per heavy atom. The first-order valence-electron chi connectivity index (χ1n) is 10.2. The first-order chi connectivity index (χ1) is 12.7. The van der Waals surface area contributed by atoms with E-state index in [-0.39, 0.29) is 5.97 Å². The molecule has 0 unspecified atom stereocenters. The average molecular weight is 357 g/mol. The van der Waals surface area contributed by atoms with Crippen molar-refractivity contribution in [2.45, 2.75) is 77.6 Å². The number of esters is 1. The van der Waals surface area contributed by atoms with Crippen LogP contribution >= 0.6 is 0 Å². The van der Waals surface area contributed by atoms with Gasteiger partial charge in [0.05, 0.1) is 6.61 Å². The highest BCUT2D eigenvalue weighted by atomic mass is 16.5. The van der Waals surface area contributed by atoms with Crippen molar-refractivity contribution in [3.8, 4) is 0 Å². The lowest BCUT2D eigenvalue weighted by molar-refractivity contribution is -0.139. The summed E-state index contributed by atoms with van der Waals surface area (Å²) in [4.78, 5) is 12.1. The zero-order chi connectivity index (χ0) is 19.0. The largest absolute Gasteiger partial charge is 0.462 e. The molecule has 0 amide bonds. The summed E-state index contributed by atoms with van der Waals surface area (Å²) in [5.74, 6) is -0.278.